The number of hydrogen-bond donors (Lipinski definition) is 1. The smallest absolute Gasteiger partial charge is 0.122 e. The van der Waals surface area contributed by atoms with Gasteiger partial charge in [-0.1, -0.05) is 25.1 Å². The van der Waals surface area contributed by atoms with Crippen molar-refractivity contribution in [3.05, 3.63) is 29.8 Å². The highest BCUT2D eigenvalue weighted by Crippen LogP contribution is 2.40. The first-order valence-corrected chi connectivity index (χ1v) is 7.82. The van der Waals surface area contributed by atoms with Crippen molar-refractivity contribution >= 4 is 0 Å². The van der Waals surface area contributed by atoms with Gasteiger partial charge in [-0.2, -0.15) is 0 Å². The van der Waals surface area contributed by atoms with Crippen molar-refractivity contribution < 1.29 is 4.74 Å². The molecule has 2 heteroatoms. The van der Waals surface area contributed by atoms with Crippen molar-refractivity contribution in [2.24, 2.45) is 5.92 Å². The van der Waals surface area contributed by atoms with Crippen LogP contribution in [0.3, 0.4) is 0 Å². The topological polar surface area (TPSA) is 21.3 Å². The van der Waals surface area contributed by atoms with E-state index in [-0.39, 0.29) is 0 Å². The van der Waals surface area contributed by atoms with E-state index in [1.807, 2.05) is 0 Å². The van der Waals surface area contributed by atoms with Gasteiger partial charge >= 0.3 is 0 Å². The van der Waals surface area contributed by atoms with Crippen LogP contribution in [0.1, 0.15) is 50.5 Å². The van der Waals surface area contributed by atoms with E-state index in [0.29, 0.717) is 5.92 Å². The van der Waals surface area contributed by atoms with Gasteiger partial charge < -0.3 is 10.1 Å². The zero-order chi connectivity index (χ0) is 13.1. The SMILES string of the molecule is CCCNC1CCC(CC2COc3ccccc32)C1. The Morgan fingerprint density at radius 1 is 1.26 bits per heavy atom. The normalized spacial score (nSPS) is 29.2. The van der Waals surface area contributed by atoms with Gasteiger partial charge in [-0.3, -0.25) is 0 Å². The highest BCUT2D eigenvalue weighted by Gasteiger charge is 2.30. The van der Waals surface area contributed by atoms with E-state index in [1.54, 1.807) is 0 Å². The molecule has 1 heterocycles. The van der Waals surface area contributed by atoms with Crippen LogP contribution in [0.2, 0.25) is 0 Å². The van der Waals surface area contributed by atoms with Crippen molar-refractivity contribution in [2.45, 2.75) is 51.0 Å². The molecule has 1 aromatic carbocycles. The van der Waals surface area contributed by atoms with Gasteiger partial charge in [-0.25, -0.2) is 0 Å². The lowest BCUT2D eigenvalue weighted by molar-refractivity contribution is 0.305. The summed E-state index contributed by atoms with van der Waals surface area (Å²) in [6, 6.07) is 9.33. The minimum absolute atomic E-state index is 0.631. The zero-order valence-corrected chi connectivity index (χ0v) is 11.9. The summed E-state index contributed by atoms with van der Waals surface area (Å²) < 4.78 is 5.80. The number of nitrogens with one attached hydrogen (secondary N) is 1. The lowest BCUT2D eigenvalue weighted by Gasteiger charge is -2.16. The second kappa shape index (κ2) is 5.96. The van der Waals surface area contributed by atoms with Gasteiger partial charge in [0.1, 0.15) is 5.75 Å². The van der Waals surface area contributed by atoms with Crippen LogP contribution in [0, 0.1) is 5.92 Å². The molecule has 1 aliphatic heterocycles. The van der Waals surface area contributed by atoms with Crippen LogP contribution < -0.4 is 10.1 Å². The molecule has 1 N–H and O–H groups in total. The van der Waals surface area contributed by atoms with Crippen LogP contribution in [-0.4, -0.2) is 19.2 Å². The summed E-state index contributed by atoms with van der Waals surface area (Å²) in [6.07, 6.45) is 6.66. The van der Waals surface area contributed by atoms with Crippen molar-refractivity contribution in [2.75, 3.05) is 13.2 Å². The molecule has 1 fully saturated rings. The Hall–Kier alpha value is -1.02. The molecule has 19 heavy (non-hydrogen) atoms. The average molecular weight is 259 g/mol. The van der Waals surface area contributed by atoms with E-state index in [1.165, 1.54) is 44.2 Å². The zero-order valence-electron chi connectivity index (χ0n) is 11.9. The van der Waals surface area contributed by atoms with Crippen LogP contribution in [0.5, 0.6) is 5.75 Å². The van der Waals surface area contributed by atoms with Gasteiger partial charge in [0.2, 0.25) is 0 Å². The molecule has 3 atom stereocenters. The molecule has 2 aliphatic rings. The Morgan fingerprint density at radius 3 is 3.05 bits per heavy atom. The van der Waals surface area contributed by atoms with Crippen LogP contribution >= 0.6 is 0 Å². The van der Waals surface area contributed by atoms with Crippen LogP contribution in [-0.2, 0) is 0 Å². The average Bonchev–Trinajstić information content (AvgIpc) is 3.05. The summed E-state index contributed by atoms with van der Waals surface area (Å²) in [7, 11) is 0. The second-order valence-electron chi connectivity index (χ2n) is 6.11. The predicted octanol–water partition coefficient (Wildman–Crippen LogP) is 3.72. The van der Waals surface area contributed by atoms with Gasteiger partial charge in [-0.15, -0.1) is 0 Å². The van der Waals surface area contributed by atoms with E-state index < -0.39 is 0 Å². The highest BCUT2D eigenvalue weighted by molar-refractivity contribution is 5.39. The molecule has 0 amide bonds. The lowest BCUT2D eigenvalue weighted by atomic mass is 9.89. The van der Waals surface area contributed by atoms with Gasteiger partial charge in [0.15, 0.2) is 0 Å². The van der Waals surface area contributed by atoms with Gasteiger partial charge in [-0.05, 0) is 50.6 Å². The largest absolute Gasteiger partial charge is 0.493 e. The fraction of sp³-hybridized carbons (Fsp3) is 0.647. The summed E-state index contributed by atoms with van der Waals surface area (Å²) >= 11 is 0. The van der Waals surface area contributed by atoms with Crippen molar-refractivity contribution in [3.63, 3.8) is 0 Å². The molecule has 1 aliphatic carbocycles. The third-order valence-electron chi connectivity index (χ3n) is 4.64. The molecule has 0 aromatic heterocycles. The molecular formula is C17H25NO. The van der Waals surface area contributed by atoms with E-state index in [9.17, 15) is 0 Å². The summed E-state index contributed by atoms with van der Waals surface area (Å²) in [5.41, 5.74) is 1.44. The third-order valence-corrected chi connectivity index (χ3v) is 4.64. The van der Waals surface area contributed by atoms with Crippen molar-refractivity contribution in [1.29, 1.82) is 0 Å². The summed E-state index contributed by atoms with van der Waals surface area (Å²) in [6.45, 7) is 4.31. The molecule has 104 valence electrons. The van der Waals surface area contributed by atoms with Crippen molar-refractivity contribution in [3.8, 4) is 5.75 Å². The molecule has 3 unspecified atom stereocenters. The minimum atomic E-state index is 0.631. The fourth-order valence-electron chi connectivity index (χ4n) is 3.65. The van der Waals surface area contributed by atoms with Crippen LogP contribution in [0.15, 0.2) is 24.3 Å². The minimum Gasteiger partial charge on any atom is -0.493 e. The highest BCUT2D eigenvalue weighted by atomic mass is 16.5. The van der Waals surface area contributed by atoms with Crippen molar-refractivity contribution in [1.82, 2.24) is 5.32 Å². The Kier molecular flexibility index (Phi) is 4.07. The van der Waals surface area contributed by atoms with E-state index in [4.69, 9.17) is 4.74 Å². The number of ether oxygens (including phenoxy) is 1. The maximum atomic E-state index is 5.80. The Morgan fingerprint density at radius 2 is 2.16 bits per heavy atom. The number of para-hydroxylation sites is 1. The van der Waals surface area contributed by atoms with Crippen LogP contribution in [0.25, 0.3) is 0 Å². The standard InChI is InChI=1S/C17H25NO/c1-2-9-18-15-8-7-13(11-15)10-14-12-19-17-6-4-3-5-16(14)17/h3-6,13-15,18H,2,7-12H2,1H3. The number of benzene rings is 1. The fourth-order valence-corrected chi connectivity index (χ4v) is 3.65. The maximum Gasteiger partial charge on any atom is 0.122 e. The predicted molar refractivity (Wildman–Crippen MR) is 78.7 cm³/mol. The Bertz CT molecular complexity index is 417. The summed E-state index contributed by atoms with van der Waals surface area (Å²) in [5, 5.41) is 3.67. The van der Waals surface area contributed by atoms with E-state index in [0.717, 1.165) is 24.3 Å². The first kappa shape index (κ1) is 13.0. The van der Waals surface area contributed by atoms with Crippen LogP contribution in [0.4, 0.5) is 0 Å². The summed E-state index contributed by atoms with van der Waals surface area (Å²) in [5.74, 6) is 2.63. The van der Waals surface area contributed by atoms with Gasteiger partial charge in [0.25, 0.3) is 0 Å². The monoisotopic (exact) mass is 259 g/mol. The summed E-state index contributed by atoms with van der Waals surface area (Å²) in [4.78, 5) is 0. The molecule has 0 spiro atoms. The number of hydrogen-bond acceptors (Lipinski definition) is 2. The Balaban J connectivity index is 1.53. The van der Waals surface area contributed by atoms with Gasteiger partial charge in [0.05, 0.1) is 6.61 Å². The molecule has 1 aromatic rings. The quantitative estimate of drug-likeness (QED) is 0.870. The number of rotatable bonds is 5. The number of fused-ring (bicyclic) bond motifs is 1. The molecule has 0 bridgehead atoms. The van der Waals surface area contributed by atoms with Gasteiger partial charge in [0, 0.05) is 17.5 Å². The lowest BCUT2D eigenvalue weighted by Crippen LogP contribution is -2.27. The third kappa shape index (κ3) is 2.94. The molecule has 3 rings (SSSR count). The Labute approximate surface area is 116 Å². The molecule has 0 saturated heterocycles. The van der Waals surface area contributed by atoms with E-state index in [2.05, 4.69) is 36.5 Å². The maximum absolute atomic E-state index is 5.80. The molecule has 0 radical (unpaired) electrons. The molecular weight excluding hydrogens is 234 g/mol. The second-order valence-corrected chi connectivity index (χ2v) is 6.11. The van der Waals surface area contributed by atoms with E-state index >= 15 is 0 Å². The first-order chi connectivity index (χ1) is 9.36. The first-order valence-electron chi connectivity index (χ1n) is 7.82. The molecule has 2 nitrogen and oxygen atoms in total. The molecule has 1 saturated carbocycles.